The molecule has 0 atom stereocenters. The minimum absolute atomic E-state index is 0.0403. The number of nitrogen functional groups attached to an aromatic ring is 1. The van der Waals surface area contributed by atoms with Crippen molar-refractivity contribution < 1.29 is 12.8 Å². The van der Waals surface area contributed by atoms with Crippen LogP contribution < -0.4 is 5.73 Å². The number of nitrogens with two attached hydrogens (primary N) is 1. The lowest BCUT2D eigenvalue weighted by molar-refractivity contribution is 0.569. The van der Waals surface area contributed by atoms with Gasteiger partial charge in [0.15, 0.2) is 5.82 Å². The average Bonchev–Trinajstić information content (AvgIpc) is 3.26. The monoisotopic (exact) mass is 482 g/mol. The minimum atomic E-state index is -4.27. The van der Waals surface area contributed by atoms with Gasteiger partial charge in [-0.05, 0) is 23.4 Å². The molecular formula is C24H19FN2O2S3. The maximum Gasteiger partial charge on any atom is 0.212 e. The van der Waals surface area contributed by atoms with Gasteiger partial charge in [0.05, 0.1) is 14.0 Å². The number of hydrogen-bond donors (Lipinski definition) is 2. The summed E-state index contributed by atoms with van der Waals surface area (Å²) in [5.74, 6) is -1.03. The molecule has 0 saturated carbocycles. The second-order valence-corrected chi connectivity index (χ2v) is 10.9. The Bertz CT molecular complexity index is 1400. The van der Waals surface area contributed by atoms with E-state index >= 15 is 4.39 Å². The standard InChI is InChI=1S/C24H19FN2O2S3/c1-30-24-20(14-19(31-24)23(26)27)32(28,29)22-18(16-10-6-3-7-11-16)13-12-17(21(22)25)15-8-4-2-5-9-15/h2-14H,1H3,(H3,26,27). The molecule has 0 bridgehead atoms. The van der Waals surface area contributed by atoms with Crippen molar-refractivity contribution in [2.75, 3.05) is 6.26 Å². The van der Waals surface area contributed by atoms with Gasteiger partial charge < -0.3 is 5.73 Å². The molecule has 32 heavy (non-hydrogen) atoms. The van der Waals surface area contributed by atoms with E-state index in [0.717, 1.165) is 11.3 Å². The molecule has 0 unspecified atom stereocenters. The summed E-state index contributed by atoms with van der Waals surface area (Å²) in [7, 11) is -4.27. The van der Waals surface area contributed by atoms with Gasteiger partial charge in [-0.2, -0.15) is 0 Å². The molecule has 0 fully saturated rings. The molecular weight excluding hydrogens is 463 g/mol. The highest BCUT2D eigenvalue weighted by atomic mass is 32.2. The van der Waals surface area contributed by atoms with Gasteiger partial charge in [-0.1, -0.05) is 72.8 Å². The highest BCUT2D eigenvalue weighted by molar-refractivity contribution is 8.01. The van der Waals surface area contributed by atoms with Gasteiger partial charge in [-0.15, -0.1) is 23.1 Å². The van der Waals surface area contributed by atoms with Crippen molar-refractivity contribution in [3.63, 3.8) is 0 Å². The lowest BCUT2D eigenvalue weighted by Gasteiger charge is -2.15. The number of amidine groups is 1. The van der Waals surface area contributed by atoms with Gasteiger partial charge in [-0.25, -0.2) is 12.8 Å². The lowest BCUT2D eigenvalue weighted by Crippen LogP contribution is -2.10. The number of benzene rings is 3. The van der Waals surface area contributed by atoms with Crippen LogP contribution in [0.3, 0.4) is 0 Å². The zero-order valence-electron chi connectivity index (χ0n) is 17.0. The maximum atomic E-state index is 16.0. The van der Waals surface area contributed by atoms with Crippen molar-refractivity contribution in [2.45, 2.75) is 14.0 Å². The maximum absolute atomic E-state index is 16.0. The van der Waals surface area contributed by atoms with Crippen molar-refractivity contribution in [3.8, 4) is 22.3 Å². The van der Waals surface area contributed by atoms with Gasteiger partial charge in [0.1, 0.15) is 10.7 Å². The summed E-state index contributed by atoms with van der Waals surface area (Å²) < 4.78 is 44.3. The number of halogens is 1. The number of nitrogens with one attached hydrogen (secondary N) is 1. The normalized spacial score (nSPS) is 11.4. The van der Waals surface area contributed by atoms with Crippen LogP contribution in [0.2, 0.25) is 0 Å². The number of thioether (sulfide) groups is 1. The second kappa shape index (κ2) is 8.90. The Morgan fingerprint density at radius 2 is 1.47 bits per heavy atom. The van der Waals surface area contributed by atoms with Crippen LogP contribution in [0.1, 0.15) is 4.88 Å². The van der Waals surface area contributed by atoms with E-state index in [4.69, 9.17) is 11.1 Å². The molecule has 3 aromatic carbocycles. The van der Waals surface area contributed by atoms with Crippen LogP contribution in [0.4, 0.5) is 4.39 Å². The van der Waals surface area contributed by atoms with Crippen LogP contribution >= 0.6 is 23.1 Å². The van der Waals surface area contributed by atoms with Crippen LogP contribution in [0.5, 0.6) is 0 Å². The summed E-state index contributed by atoms with van der Waals surface area (Å²) in [4.78, 5) is -0.0939. The summed E-state index contributed by atoms with van der Waals surface area (Å²) in [6.45, 7) is 0. The van der Waals surface area contributed by atoms with E-state index in [1.807, 2.05) is 12.1 Å². The molecule has 4 rings (SSSR count). The predicted octanol–water partition coefficient (Wildman–Crippen LogP) is 6.06. The third kappa shape index (κ3) is 3.97. The first-order chi connectivity index (χ1) is 15.3. The highest BCUT2D eigenvalue weighted by Gasteiger charge is 2.32. The van der Waals surface area contributed by atoms with Gasteiger partial charge in [0.25, 0.3) is 0 Å². The van der Waals surface area contributed by atoms with E-state index in [0.29, 0.717) is 20.2 Å². The molecule has 0 aliphatic carbocycles. The SMILES string of the molecule is CSc1sc(C(=N)N)cc1S(=O)(=O)c1c(-c2ccccc2)ccc(-c2ccccc2)c1F. The number of rotatable bonds is 6. The third-order valence-corrected chi connectivity index (χ3v) is 9.34. The number of thiophene rings is 1. The van der Waals surface area contributed by atoms with E-state index in [1.165, 1.54) is 17.8 Å². The van der Waals surface area contributed by atoms with E-state index in [9.17, 15) is 8.42 Å². The van der Waals surface area contributed by atoms with E-state index in [1.54, 1.807) is 66.9 Å². The molecule has 1 aromatic heterocycles. The molecule has 0 radical (unpaired) electrons. The zero-order chi connectivity index (χ0) is 22.9. The first kappa shape index (κ1) is 22.3. The molecule has 4 aromatic rings. The van der Waals surface area contributed by atoms with Crippen molar-refractivity contribution in [1.29, 1.82) is 5.41 Å². The fraction of sp³-hybridized carbons (Fsp3) is 0.0417. The van der Waals surface area contributed by atoms with Crippen molar-refractivity contribution >= 4 is 38.8 Å². The Hall–Kier alpha value is -2.94. The summed E-state index contributed by atoms with van der Waals surface area (Å²) in [6, 6.07) is 22.3. The summed E-state index contributed by atoms with van der Waals surface area (Å²) >= 11 is 2.34. The molecule has 162 valence electrons. The highest BCUT2D eigenvalue weighted by Crippen LogP contribution is 2.42. The molecule has 0 aliphatic heterocycles. The molecule has 0 aliphatic rings. The molecule has 0 spiro atoms. The molecule has 4 nitrogen and oxygen atoms in total. The van der Waals surface area contributed by atoms with Crippen molar-refractivity contribution in [2.24, 2.45) is 5.73 Å². The fourth-order valence-electron chi connectivity index (χ4n) is 3.43. The number of hydrogen-bond acceptors (Lipinski definition) is 5. The largest absolute Gasteiger partial charge is 0.383 e. The minimum Gasteiger partial charge on any atom is -0.383 e. The van der Waals surface area contributed by atoms with Crippen LogP contribution in [0, 0.1) is 11.2 Å². The zero-order valence-corrected chi connectivity index (χ0v) is 19.5. The fourth-order valence-corrected chi connectivity index (χ4v) is 7.58. The van der Waals surface area contributed by atoms with Crippen LogP contribution in [0.25, 0.3) is 22.3 Å². The van der Waals surface area contributed by atoms with E-state index in [2.05, 4.69) is 0 Å². The Labute approximate surface area is 194 Å². The Kier molecular flexibility index (Phi) is 6.19. The first-order valence-corrected chi connectivity index (χ1v) is 13.1. The van der Waals surface area contributed by atoms with E-state index in [-0.39, 0.29) is 26.8 Å². The summed E-state index contributed by atoms with van der Waals surface area (Å²) in [5.41, 5.74) is 7.27. The smallest absolute Gasteiger partial charge is 0.212 e. The Balaban J connectivity index is 2.04. The number of sulfone groups is 1. The first-order valence-electron chi connectivity index (χ1n) is 9.55. The molecule has 0 amide bonds. The molecule has 0 saturated heterocycles. The molecule has 3 N–H and O–H groups in total. The lowest BCUT2D eigenvalue weighted by atomic mass is 9.99. The van der Waals surface area contributed by atoms with Gasteiger partial charge >= 0.3 is 0 Å². The van der Waals surface area contributed by atoms with Gasteiger partial charge in [0.2, 0.25) is 9.84 Å². The predicted molar refractivity (Wildman–Crippen MR) is 130 cm³/mol. The Morgan fingerprint density at radius 1 is 0.938 bits per heavy atom. The molecule has 8 heteroatoms. The third-order valence-electron chi connectivity index (χ3n) is 4.94. The van der Waals surface area contributed by atoms with Crippen LogP contribution in [0.15, 0.2) is 92.9 Å². The topological polar surface area (TPSA) is 84.0 Å². The second-order valence-electron chi connectivity index (χ2n) is 6.92. The van der Waals surface area contributed by atoms with Gasteiger partial charge in [-0.3, -0.25) is 5.41 Å². The summed E-state index contributed by atoms with van der Waals surface area (Å²) in [6.07, 6.45) is 1.74. The van der Waals surface area contributed by atoms with E-state index < -0.39 is 15.7 Å². The van der Waals surface area contributed by atoms with Gasteiger partial charge in [0, 0.05) is 11.1 Å². The van der Waals surface area contributed by atoms with Crippen LogP contribution in [-0.2, 0) is 9.84 Å². The average molecular weight is 483 g/mol. The Morgan fingerprint density at radius 3 is 2.00 bits per heavy atom. The van der Waals surface area contributed by atoms with Crippen molar-refractivity contribution in [1.82, 2.24) is 0 Å². The summed E-state index contributed by atoms with van der Waals surface area (Å²) in [5, 5.41) is 7.71. The quantitative estimate of drug-likeness (QED) is 0.199. The molecule has 1 heterocycles. The van der Waals surface area contributed by atoms with Crippen molar-refractivity contribution in [3.05, 3.63) is 89.6 Å². The van der Waals surface area contributed by atoms with Crippen LogP contribution in [-0.4, -0.2) is 20.5 Å².